The minimum absolute atomic E-state index is 0.0497. The molecule has 106 valence electrons. The van der Waals surface area contributed by atoms with Gasteiger partial charge in [0.2, 0.25) is 0 Å². The zero-order chi connectivity index (χ0) is 15.0. The van der Waals surface area contributed by atoms with E-state index in [2.05, 4.69) is 73.0 Å². The highest BCUT2D eigenvalue weighted by molar-refractivity contribution is 6.03. The van der Waals surface area contributed by atoms with Gasteiger partial charge in [-0.2, -0.15) is 0 Å². The maximum atomic E-state index is 4.42. The number of hydrogen-bond acceptors (Lipinski definition) is 1. The van der Waals surface area contributed by atoms with Gasteiger partial charge in [-0.3, -0.25) is 4.99 Å². The fourth-order valence-electron chi connectivity index (χ4n) is 3.24. The molecular weight excluding hydrogens is 256 g/mol. The molecule has 0 N–H and O–H groups in total. The highest BCUT2D eigenvalue weighted by Gasteiger charge is 2.35. The van der Waals surface area contributed by atoms with E-state index in [4.69, 9.17) is 0 Å². The first-order valence-electron chi connectivity index (χ1n) is 7.35. The van der Waals surface area contributed by atoms with E-state index in [1.807, 2.05) is 6.92 Å². The zero-order valence-corrected chi connectivity index (χ0v) is 12.9. The van der Waals surface area contributed by atoms with Crippen LogP contribution in [0.25, 0.3) is 11.1 Å². The van der Waals surface area contributed by atoms with E-state index in [9.17, 15) is 0 Å². The minimum Gasteiger partial charge on any atom is -0.267 e. The van der Waals surface area contributed by atoms with E-state index in [-0.39, 0.29) is 5.41 Å². The summed E-state index contributed by atoms with van der Waals surface area (Å²) in [6.45, 7) is 10.9. The maximum Gasteiger partial charge on any atom is 0.153 e. The van der Waals surface area contributed by atoms with Gasteiger partial charge >= 0.3 is 0 Å². The Morgan fingerprint density at radius 1 is 1.05 bits per heavy atom. The van der Waals surface area contributed by atoms with Gasteiger partial charge in [0, 0.05) is 17.5 Å². The van der Waals surface area contributed by atoms with E-state index < -0.39 is 0 Å². The van der Waals surface area contributed by atoms with Gasteiger partial charge in [0.15, 0.2) is 5.84 Å². The maximum absolute atomic E-state index is 4.42. The summed E-state index contributed by atoms with van der Waals surface area (Å²) in [7, 11) is 0. The minimum atomic E-state index is 0.0497. The average molecular weight is 276 g/mol. The Morgan fingerprint density at radius 3 is 2.48 bits per heavy atom. The zero-order valence-electron chi connectivity index (χ0n) is 12.9. The summed E-state index contributed by atoms with van der Waals surface area (Å²) in [5.41, 5.74) is 6.46. The molecule has 0 atom stereocenters. The Morgan fingerprint density at radius 2 is 1.76 bits per heavy atom. The van der Waals surface area contributed by atoms with Crippen molar-refractivity contribution in [2.24, 2.45) is 9.98 Å². The van der Waals surface area contributed by atoms with E-state index in [1.165, 1.54) is 22.3 Å². The van der Waals surface area contributed by atoms with Crippen LogP contribution in [-0.2, 0) is 5.41 Å². The number of fused-ring (bicyclic) bond motifs is 3. The van der Waals surface area contributed by atoms with Gasteiger partial charge in [-0.25, -0.2) is 4.99 Å². The number of benzene rings is 2. The molecule has 1 aliphatic rings. The third-order valence-electron chi connectivity index (χ3n) is 4.30. The molecule has 2 nitrogen and oxygen atoms in total. The quantitative estimate of drug-likeness (QED) is 0.571. The van der Waals surface area contributed by atoms with Gasteiger partial charge in [-0.15, -0.1) is 0 Å². The summed E-state index contributed by atoms with van der Waals surface area (Å²) in [6, 6.07) is 15.2. The predicted molar refractivity (Wildman–Crippen MR) is 90.6 cm³/mol. The van der Waals surface area contributed by atoms with Crippen LogP contribution in [0, 0.1) is 0 Å². The lowest BCUT2D eigenvalue weighted by molar-refractivity contribution is 0.660. The highest BCUT2D eigenvalue weighted by Crippen LogP contribution is 2.48. The van der Waals surface area contributed by atoms with Gasteiger partial charge in [0.05, 0.1) is 0 Å². The molecule has 2 aromatic carbocycles. The lowest BCUT2D eigenvalue weighted by Crippen LogP contribution is -2.14. The summed E-state index contributed by atoms with van der Waals surface area (Å²) in [6.07, 6.45) is 0. The second kappa shape index (κ2) is 4.96. The van der Waals surface area contributed by atoms with Gasteiger partial charge in [0.1, 0.15) is 0 Å². The summed E-state index contributed by atoms with van der Waals surface area (Å²) in [4.78, 5) is 8.48. The van der Waals surface area contributed by atoms with Gasteiger partial charge in [-0.05, 0) is 42.0 Å². The van der Waals surface area contributed by atoms with Crippen LogP contribution in [0.3, 0.4) is 0 Å². The molecule has 2 heteroatoms. The molecule has 0 aliphatic heterocycles. The SMILES string of the molecule is C=NC(=NCC)c1ccc2c(c1)-c1ccccc1C2(C)C. The van der Waals surface area contributed by atoms with Crippen molar-refractivity contribution in [3.63, 3.8) is 0 Å². The molecule has 0 fully saturated rings. The number of amidine groups is 1. The van der Waals surface area contributed by atoms with Crippen LogP contribution in [0.1, 0.15) is 37.5 Å². The van der Waals surface area contributed by atoms with Crippen molar-refractivity contribution in [1.29, 1.82) is 0 Å². The van der Waals surface area contributed by atoms with Gasteiger partial charge < -0.3 is 0 Å². The van der Waals surface area contributed by atoms with Gasteiger partial charge in [0.25, 0.3) is 0 Å². The predicted octanol–water partition coefficient (Wildman–Crippen LogP) is 4.46. The van der Waals surface area contributed by atoms with Crippen molar-refractivity contribution in [1.82, 2.24) is 0 Å². The Bertz CT molecular complexity index is 739. The van der Waals surface area contributed by atoms with Crippen LogP contribution in [0.5, 0.6) is 0 Å². The Balaban J connectivity index is 2.22. The Hall–Kier alpha value is -2.22. The Labute approximate surface area is 126 Å². The fourth-order valence-corrected chi connectivity index (χ4v) is 3.24. The lowest BCUT2D eigenvalue weighted by Gasteiger charge is -2.21. The van der Waals surface area contributed by atoms with E-state index >= 15 is 0 Å². The van der Waals surface area contributed by atoms with E-state index in [1.54, 1.807) is 0 Å². The third kappa shape index (κ3) is 2.02. The van der Waals surface area contributed by atoms with Crippen LogP contribution in [0.4, 0.5) is 0 Å². The van der Waals surface area contributed by atoms with Crippen LogP contribution in [0.2, 0.25) is 0 Å². The first-order valence-corrected chi connectivity index (χ1v) is 7.35. The van der Waals surface area contributed by atoms with Crippen LogP contribution >= 0.6 is 0 Å². The summed E-state index contributed by atoms with van der Waals surface area (Å²) < 4.78 is 0. The standard InChI is InChI=1S/C19H20N2/c1-5-21-18(20-4)13-10-11-17-15(12-13)14-8-6-7-9-16(14)19(17,2)3/h6-12H,4-5H2,1-3H3. The van der Waals surface area contributed by atoms with Crippen molar-refractivity contribution in [3.8, 4) is 11.1 Å². The summed E-state index contributed by atoms with van der Waals surface area (Å²) in [5.74, 6) is 0.725. The van der Waals surface area contributed by atoms with Crippen molar-refractivity contribution < 1.29 is 0 Å². The number of rotatable bonds is 2. The number of nitrogens with zero attached hydrogens (tertiary/aromatic N) is 2. The van der Waals surface area contributed by atoms with E-state index in [0.717, 1.165) is 11.4 Å². The molecule has 0 unspecified atom stereocenters. The van der Waals surface area contributed by atoms with Crippen molar-refractivity contribution in [3.05, 3.63) is 59.2 Å². The first kappa shape index (κ1) is 13.7. The molecule has 0 heterocycles. The summed E-state index contributed by atoms with van der Waals surface area (Å²) >= 11 is 0. The van der Waals surface area contributed by atoms with Crippen molar-refractivity contribution in [2.45, 2.75) is 26.2 Å². The molecule has 0 bridgehead atoms. The largest absolute Gasteiger partial charge is 0.267 e. The van der Waals surface area contributed by atoms with Crippen LogP contribution in [-0.4, -0.2) is 19.1 Å². The second-order valence-corrected chi connectivity index (χ2v) is 5.89. The summed E-state index contributed by atoms with van der Waals surface area (Å²) in [5, 5.41) is 0. The van der Waals surface area contributed by atoms with Crippen molar-refractivity contribution in [2.75, 3.05) is 6.54 Å². The smallest absolute Gasteiger partial charge is 0.153 e. The van der Waals surface area contributed by atoms with Crippen LogP contribution in [0.15, 0.2) is 52.4 Å². The molecule has 3 rings (SSSR count). The van der Waals surface area contributed by atoms with Gasteiger partial charge in [-0.1, -0.05) is 50.2 Å². The van der Waals surface area contributed by atoms with Crippen LogP contribution < -0.4 is 0 Å². The molecule has 0 amide bonds. The lowest BCUT2D eigenvalue weighted by atomic mass is 9.82. The molecule has 1 aliphatic carbocycles. The number of aliphatic imine (C=N–C) groups is 2. The molecule has 0 saturated carbocycles. The molecule has 21 heavy (non-hydrogen) atoms. The first-order chi connectivity index (χ1) is 10.1. The molecule has 0 aromatic heterocycles. The Kier molecular flexibility index (Phi) is 3.25. The molecule has 0 saturated heterocycles. The second-order valence-electron chi connectivity index (χ2n) is 5.89. The molecular formula is C19H20N2. The number of hydrogen-bond donors (Lipinski definition) is 0. The molecule has 2 aromatic rings. The average Bonchev–Trinajstić information content (AvgIpc) is 2.73. The normalized spacial score (nSPS) is 15.5. The van der Waals surface area contributed by atoms with Crippen molar-refractivity contribution >= 4 is 12.6 Å². The topological polar surface area (TPSA) is 24.7 Å². The fraction of sp³-hybridized carbons (Fsp3) is 0.263. The molecule has 0 spiro atoms. The monoisotopic (exact) mass is 276 g/mol. The molecule has 0 radical (unpaired) electrons. The highest BCUT2D eigenvalue weighted by atomic mass is 14.9. The van der Waals surface area contributed by atoms with E-state index in [0.29, 0.717) is 6.54 Å². The third-order valence-corrected chi connectivity index (χ3v) is 4.30.